The molecule has 0 bridgehead atoms. The third-order valence-electron chi connectivity index (χ3n) is 4.79. The van der Waals surface area contributed by atoms with Gasteiger partial charge >= 0.3 is 0 Å². The van der Waals surface area contributed by atoms with Crippen LogP contribution in [0.3, 0.4) is 0 Å². The Bertz CT molecular complexity index is 534. The number of isocyanates is 1. The molecule has 3 nitrogen and oxygen atoms in total. The average molecular weight is 270 g/mol. The van der Waals surface area contributed by atoms with Crippen molar-refractivity contribution in [1.29, 1.82) is 0 Å². The van der Waals surface area contributed by atoms with Gasteiger partial charge in [-0.05, 0) is 38.7 Å². The van der Waals surface area contributed by atoms with Crippen molar-refractivity contribution in [2.24, 2.45) is 4.99 Å². The maximum atomic E-state index is 11.0. The van der Waals surface area contributed by atoms with Gasteiger partial charge in [-0.2, -0.15) is 4.99 Å². The molecule has 0 unspecified atom stereocenters. The molecule has 0 spiro atoms. The normalized spacial score (nSPS) is 20.9. The molecule has 0 aromatic heterocycles. The average Bonchev–Trinajstić information content (AvgIpc) is 3.10. The molecule has 0 N–H and O–H groups in total. The molecule has 0 radical (unpaired) electrons. The van der Waals surface area contributed by atoms with Crippen LogP contribution in [0.5, 0.6) is 0 Å². The molecule has 3 heteroatoms. The van der Waals surface area contributed by atoms with Crippen molar-refractivity contribution in [2.45, 2.75) is 51.0 Å². The van der Waals surface area contributed by atoms with E-state index in [9.17, 15) is 4.79 Å². The fourth-order valence-corrected chi connectivity index (χ4v) is 3.75. The first-order chi connectivity index (χ1) is 9.75. The summed E-state index contributed by atoms with van der Waals surface area (Å²) in [6.07, 6.45) is 8.63. The van der Waals surface area contributed by atoms with Gasteiger partial charge in [0.15, 0.2) is 0 Å². The van der Waals surface area contributed by atoms with E-state index in [1.54, 1.807) is 0 Å². The zero-order valence-corrected chi connectivity index (χ0v) is 12.2. The van der Waals surface area contributed by atoms with Crippen LogP contribution in [0.25, 0.3) is 0 Å². The third kappa shape index (κ3) is 2.27. The van der Waals surface area contributed by atoms with Crippen LogP contribution in [-0.2, 0) is 10.3 Å². The van der Waals surface area contributed by atoms with Crippen molar-refractivity contribution in [3.05, 3.63) is 29.3 Å². The van der Waals surface area contributed by atoms with E-state index in [2.05, 4.69) is 35.0 Å². The first-order valence-electron chi connectivity index (χ1n) is 7.70. The first kappa shape index (κ1) is 13.4. The SMILES string of the molecule is Cc1ccc(N2CCCC2)c(C2(N=C=O)CCCC2)c1. The van der Waals surface area contributed by atoms with E-state index in [4.69, 9.17) is 0 Å². The lowest BCUT2D eigenvalue weighted by molar-refractivity contribution is 0.455. The molecule has 1 aromatic carbocycles. The molecule has 1 heterocycles. The number of rotatable bonds is 3. The number of hydrogen-bond donors (Lipinski definition) is 0. The van der Waals surface area contributed by atoms with Crippen LogP contribution in [0.15, 0.2) is 23.2 Å². The van der Waals surface area contributed by atoms with Crippen molar-refractivity contribution in [3.8, 4) is 0 Å². The summed E-state index contributed by atoms with van der Waals surface area (Å²) in [6, 6.07) is 6.63. The standard InChI is InChI=1S/C17H22N2O/c1-14-6-7-16(19-10-4-5-11-19)15(12-14)17(18-13-20)8-2-3-9-17/h6-7,12H,2-5,8-11H2,1H3. The summed E-state index contributed by atoms with van der Waals surface area (Å²) in [6.45, 7) is 4.36. The van der Waals surface area contributed by atoms with E-state index >= 15 is 0 Å². The molecule has 1 aliphatic carbocycles. The number of carbonyl (C=O) groups excluding carboxylic acids is 1. The summed E-state index contributed by atoms with van der Waals surface area (Å²) < 4.78 is 0. The molecule has 2 fully saturated rings. The van der Waals surface area contributed by atoms with E-state index in [0.717, 1.165) is 38.8 Å². The molecule has 1 saturated carbocycles. The Kier molecular flexibility index (Phi) is 3.62. The third-order valence-corrected chi connectivity index (χ3v) is 4.79. The maximum Gasteiger partial charge on any atom is 0.235 e. The molecule has 0 atom stereocenters. The van der Waals surface area contributed by atoms with Crippen molar-refractivity contribution < 1.29 is 4.79 Å². The highest BCUT2D eigenvalue weighted by atomic mass is 16.1. The van der Waals surface area contributed by atoms with Gasteiger partial charge in [0.05, 0.1) is 0 Å². The predicted molar refractivity (Wildman–Crippen MR) is 80.9 cm³/mol. The number of aryl methyl sites for hydroxylation is 1. The zero-order valence-electron chi connectivity index (χ0n) is 12.2. The summed E-state index contributed by atoms with van der Waals surface area (Å²) in [5.41, 5.74) is 3.47. The van der Waals surface area contributed by atoms with E-state index in [0.29, 0.717) is 0 Å². The molecule has 106 valence electrons. The summed E-state index contributed by atoms with van der Waals surface area (Å²) in [5, 5.41) is 0. The van der Waals surface area contributed by atoms with E-state index in [-0.39, 0.29) is 5.54 Å². The van der Waals surface area contributed by atoms with Gasteiger partial charge in [0.2, 0.25) is 6.08 Å². The van der Waals surface area contributed by atoms with E-state index in [1.165, 1.54) is 29.7 Å². The predicted octanol–water partition coefficient (Wildman–Crippen LogP) is 3.70. The zero-order chi connectivity index (χ0) is 14.0. The summed E-state index contributed by atoms with van der Waals surface area (Å²) in [7, 11) is 0. The quantitative estimate of drug-likeness (QED) is 0.619. The van der Waals surface area contributed by atoms with Crippen molar-refractivity contribution >= 4 is 11.8 Å². The van der Waals surface area contributed by atoms with Gasteiger partial charge in [-0.1, -0.05) is 30.5 Å². The molecule has 1 aromatic rings. The Morgan fingerprint density at radius 2 is 1.85 bits per heavy atom. The molecule has 20 heavy (non-hydrogen) atoms. The second-order valence-corrected chi connectivity index (χ2v) is 6.16. The van der Waals surface area contributed by atoms with Crippen molar-refractivity contribution in [1.82, 2.24) is 0 Å². The van der Waals surface area contributed by atoms with Gasteiger partial charge in [-0.25, -0.2) is 4.79 Å². The number of hydrogen-bond acceptors (Lipinski definition) is 3. The van der Waals surface area contributed by atoms with Crippen LogP contribution in [0.4, 0.5) is 5.69 Å². The van der Waals surface area contributed by atoms with Crippen molar-refractivity contribution in [2.75, 3.05) is 18.0 Å². The summed E-state index contributed by atoms with van der Waals surface area (Å²) in [4.78, 5) is 17.7. The lowest BCUT2D eigenvalue weighted by Crippen LogP contribution is -2.26. The lowest BCUT2D eigenvalue weighted by atomic mass is 9.86. The van der Waals surface area contributed by atoms with Gasteiger partial charge in [0, 0.05) is 24.3 Å². The van der Waals surface area contributed by atoms with Crippen LogP contribution in [-0.4, -0.2) is 19.2 Å². The van der Waals surface area contributed by atoms with Gasteiger partial charge in [0.25, 0.3) is 0 Å². The van der Waals surface area contributed by atoms with Crippen LogP contribution in [0.2, 0.25) is 0 Å². The van der Waals surface area contributed by atoms with Crippen LogP contribution in [0.1, 0.15) is 49.7 Å². The molecular weight excluding hydrogens is 248 g/mol. The van der Waals surface area contributed by atoms with Gasteiger partial charge in [-0.15, -0.1) is 0 Å². The Morgan fingerprint density at radius 3 is 2.50 bits per heavy atom. The van der Waals surface area contributed by atoms with Crippen LogP contribution < -0.4 is 4.90 Å². The summed E-state index contributed by atoms with van der Waals surface area (Å²) in [5.74, 6) is 0. The molecule has 1 saturated heterocycles. The Morgan fingerprint density at radius 1 is 1.15 bits per heavy atom. The monoisotopic (exact) mass is 270 g/mol. The summed E-state index contributed by atoms with van der Waals surface area (Å²) >= 11 is 0. The Balaban J connectivity index is 2.10. The van der Waals surface area contributed by atoms with E-state index < -0.39 is 0 Å². The van der Waals surface area contributed by atoms with E-state index in [1.807, 2.05) is 6.08 Å². The minimum Gasteiger partial charge on any atom is -0.371 e. The van der Waals surface area contributed by atoms with Crippen LogP contribution >= 0.6 is 0 Å². The number of benzene rings is 1. The maximum absolute atomic E-state index is 11.0. The molecule has 3 rings (SSSR count). The molecule has 1 aliphatic heterocycles. The first-order valence-corrected chi connectivity index (χ1v) is 7.70. The highest BCUT2D eigenvalue weighted by molar-refractivity contribution is 5.59. The second-order valence-electron chi connectivity index (χ2n) is 6.16. The van der Waals surface area contributed by atoms with Gasteiger partial charge in [0.1, 0.15) is 5.54 Å². The smallest absolute Gasteiger partial charge is 0.235 e. The number of aliphatic imine (C=N–C) groups is 1. The minimum atomic E-state index is -0.314. The fourth-order valence-electron chi connectivity index (χ4n) is 3.75. The number of anilines is 1. The largest absolute Gasteiger partial charge is 0.371 e. The number of nitrogens with zero attached hydrogens (tertiary/aromatic N) is 2. The minimum absolute atomic E-state index is 0.314. The van der Waals surface area contributed by atoms with Gasteiger partial charge in [-0.3, -0.25) is 0 Å². The van der Waals surface area contributed by atoms with Crippen LogP contribution in [0, 0.1) is 6.92 Å². The molecule has 0 amide bonds. The van der Waals surface area contributed by atoms with Gasteiger partial charge < -0.3 is 4.90 Å². The Labute approximate surface area is 120 Å². The topological polar surface area (TPSA) is 32.7 Å². The molecular formula is C17H22N2O. The molecule has 2 aliphatic rings. The highest BCUT2D eigenvalue weighted by Crippen LogP contribution is 2.46. The fraction of sp³-hybridized carbons (Fsp3) is 0.588. The highest BCUT2D eigenvalue weighted by Gasteiger charge is 2.38. The Hall–Kier alpha value is -1.60. The van der Waals surface area contributed by atoms with Crippen molar-refractivity contribution in [3.63, 3.8) is 0 Å². The second kappa shape index (κ2) is 5.41. The lowest BCUT2D eigenvalue weighted by Gasteiger charge is -2.30.